The smallest absolute Gasteiger partial charge is 0.240 e. The van der Waals surface area contributed by atoms with Crippen LogP contribution in [0.5, 0.6) is 0 Å². The Labute approximate surface area is 185 Å². The van der Waals surface area contributed by atoms with Crippen LogP contribution in [0.1, 0.15) is 51.5 Å². The first kappa shape index (κ1) is 23.6. The van der Waals surface area contributed by atoms with Crippen molar-refractivity contribution in [2.45, 2.75) is 68.7 Å². The van der Waals surface area contributed by atoms with Crippen molar-refractivity contribution < 1.29 is 16.8 Å². The molecule has 3 N–H and O–H groups in total. The number of sulfonamides is 2. The number of nitrogens with one attached hydrogen (secondary N) is 3. The maximum atomic E-state index is 12.6. The van der Waals surface area contributed by atoms with Gasteiger partial charge in [-0.2, -0.15) is 0 Å². The molecule has 0 aliphatic heterocycles. The molecule has 170 valence electrons. The normalized spacial score (nSPS) is 15.7. The highest BCUT2D eigenvalue weighted by atomic mass is 32.2. The number of benzene rings is 2. The summed E-state index contributed by atoms with van der Waals surface area (Å²) in [5.41, 5.74) is 2.31. The second-order valence-electron chi connectivity index (χ2n) is 8.23. The molecule has 3 rings (SSSR count). The minimum Gasteiger partial charge on any atom is -0.381 e. The molecule has 0 saturated heterocycles. The summed E-state index contributed by atoms with van der Waals surface area (Å²) in [6.07, 6.45) is 5.11. The van der Waals surface area contributed by atoms with E-state index in [1.54, 1.807) is 50.2 Å². The average molecular weight is 466 g/mol. The maximum absolute atomic E-state index is 12.6. The van der Waals surface area contributed by atoms with Gasteiger partial charge in [0.25, 0.3) is 0 Å². The fourth-order valence-corrected chi connectivity index (χ4v) is 5.44. The molecule has 1 aliphatic carbocycles. The Kier molecular flexibility index (Phi) is 7.61. The lowest BCUT2D eigenvalue weighted by Crippen LogP contribution is -2.36. The largest absolute Gasteiger partial charge is 0.381 e. The van der Waals surface area contributed by atoms with E-state index in [2.05, 4.69) is 14.8 Å². The fraction of sp³-hybridized carbons (Fsp3) is 0.455. The summed E-state index contributed by atoms with van der Waals surface area (Å²) in [6.45, 7) is 3.79. The Bertz CT molecular complexity index is 1060. The Morgan fingerprint density at radius 1 is 0.839 bits per heavy atom. The third-order valence-electron chi connectivity index (χ3n) is 5.42. The van der Waals surface area contributed by atoms with Gasteiger partial charge in [0.1, 0.15) is 0 Å². The van der Waals surface area contributed by atoms with Crippen molar-refractivity contribution in [2.75, 3.05) is 10.0 Å². The van der Waals surface area contributed by atoms with Gasteiger partial charge in [0, 0.05) is 24.0 Å². The van der Waals surface area contributed by atoms with Crippen LogP contribution in [0.25, 0.3) is 0 Å². The van der Waals surface area contributed by atoms with E-state index in [1.807, 2.05) is 12.1 Å². The summed E-state index contributed by atoms with van der Waals surface area (Å²) >= 11 is 0. The molecular formula is C22H31N3O4S2. The Morgan fingerprint density at radius 3 is 2.00 bits per heavy atom. The van der Waals surface area contributed by atoms with Crippen molar-refractivity contribution in [1.82, 2.24) is 4.72 Å². The third kappa shape index (κ3) is 6.69. The lowest BCUT2D eigenvalue weighted by molar-refractivity contribution is 0.412. The van der Waals surface area contributed by atoms with Gasteiger partial charge in [-0.05, 0) is 68.7 Å². The van der Waals surface area contributed by atoms with Gasteiger partial charge in [-0.25, -0.2) is 21.6 Å². The van der Waals surface area contributed by atoms with Crippen LogP contribution in [0.2, 0.25) is 0 Å². The minimum absolute atomic E-state index is 0.0320. The maximum Gasteiger partial charge on any atom is 0.240 e. The number of hydrogen-bond donors (Lipinski definition) is 3. The molecule has 0 unspecified atom stereocenters. The lowest BCUT2D eigenvalue weighted by Gasteiger charge is -2.22. The zero-order valence-electron chi connectivity index (χ0n) is 18.0. The van der Waals surface area contributed by atoms with Crippen molar-refractivity contribution in [3.05, 3.63) is 54.1 Å². The summed E-state index contributed by atoms with van der Waals surface area (Å²) in [4.78, 5) is 0.269. The zero-order chi connectivity index (χ0) is 22.5. The summed E-state index contributed by atoms with van der Waals surface area (Å²) in [7, 11) is -6.87. The first-order valence-electron chi connectivity index (χ1n) is 10.6. The molecule has 0 heterocycles. The van der Waals surface area contributed by atoms with Gasteiger partial charge in [-0.15, -0.1) is 0 Å². The van der Waals surface area contributed by atoms with E-state index < -0.39 is 25.3 Å². The van der Waals surface area contributed by atoms with Crippen molar-refractivity contribution in [3.8, 4) is 0 Å². The summed E-state index contributed by atoms with van der Waals surface area (Å²) < 4.78 is 54.4. The Hall–Kier alpha value is -2.10. The molecule has 0 atom stereocenters. The molecule has 7 nitrogen and oxygen atoms in total. The second kappa shape index (κ2) is 10.0. The number of hydrogen-bond acceptors (Lipinski definition) is 5. The molecule has 0 radical (unpaired) electrons. The topological polar surface area (TPSA) is 104 Å². The van der Waals surface area contributed by atoms with Gasteiger partial charge >= 0.3 is 0 Å². The van der Waals surface area contributed by atoms with Crippen LogP contribution in [0.3, 0.4) is 0 Å². The van der Waals surface area contributed by atoms with E-state index in [0.29, 0.717) is 12.2 Å². The highest BCUT2D eigenvalue weighted by Gasteiger charge is 2.21. The van der Waals surface area contributed by atoms with Crippen LogP contribution in [-0.4, -0.2) is 28.1 Å². The summed E-state index contributed by atoms with van der Waals surface area (Å²) in [5, 5.41) is 2.75. The average Bonchev–Trinajstić information content (AvgIpc) is 2.73. The van der Waals surface area contributed by atoms with E-state index >= 15 is 0 Å². The molecule has 2 aromatic carbocycles. The SMILES string of the molecule is CC(C)S(=O)(=O)Nc1ccc(CNc2ccc(S(=O)(=O)NC3CCCCC3)cc2)cc1. The molecular weight excluding hydrogens is 434 g/mol. The molecule has 9 heteroatoms. The van der Waals surface area contributed by atoms with Crippen molar-refractivity contribution in [3.63, 3.8) is 0 Å². The first-order valence-corrected chi connectivity index (χ1v) is 13.7. The summed E-state index contributed by atoms with van der Waals surface area (Å²) in [5.74, 6) is 0. The second-order valence-corrected chi connectivity index (χ2v) is 12.2. The highest BCUT2D eigenvalue weighted by molar-refractivity contribution is 7.93. The molecule has 31 heavy (non-hydrogen) atoms. The first-order chi connectivity index (χ1) is 14.7. The predicted molar refractivity (Wildman–Crippen MR) is 125 cm³/mol. The van der Waals surface area contributed by atoms with E-state index in [9.17, 15) is 16.8 Å². The summed E-state index contributed by atoms with van der Waals surface area (Å²) in [6, 6.07) is 13.9. The van der Waals surface area contributed by atoms with Crippen LogP contribution >= 0.6 is 0 Å². The van der Waals surface area contributed by atoms with E-state index in [-0.39, 0.29) is 10.9 Å². The van der Waals surface area contributed by atoms with E-state index in [1.165, 1.54) is 6.42 Å². The molecule has 0 amide bonds. The van der Waals surface area contributed by atoms with Gasteiger partial charge in [0.15, 0.2) is 0 Å². The zero-order valence-corrected chi connectivity index (χ0v) is 19.6. The van der Waals surface area contributed by atoms with Crippen LogP contribution in [0.4, 0.5) is 11.4 Å². The molecule has 0 spiro atoms. The van der Waals surface area contributed by atoms with Crippen LogP contribution in [0.15, 0.2) is 53.4 Å². The fourth-order valence-electron chi connectivity index (χ4n) is 3.44. The monoisotopic (exact) mass is 465 g/mol. The van der Waals surface area contributed by atoms with Gasteiger partial charge in [0.2, 0.25) is 20.0 Å². The van der Waals surface area contributed by atoms with Gasteiger partial charge in [0.05, 0.1) is 10.1 Å². The molecule has 1 aliphatic rings. The Morgan fingerprint density at radius 2 is 1.42 bits per heavy atom. The van der Waals surface area contributed by atoms with Crippen LogP contribution in [0, 0.1) is 0 Å². The van der Waals surface area contributed by atoms with Crippen molar-refractivity contribution in [1.29, 1.82) is 0 Å². The predicted octanol–water partition coefficient (Wildman–Crippen LogP) is 4.06. The third-order valence-corrected chi connectivity index (χ3v) is 8.72. The molecule has 0 bridgehead atoms. The molecule has 1 fully saturated rings. The quantitative estimate of drug-likeness (QED) is 0.518. The van der Waals surface area contributed by atoms with E-state index in [0.717, 1.165) is 36.9 Å². The van der Waals surface area contributed by atoms with Crippen LogP contribution in [-0.2, 0) is 26.6 Å². The Balaban J connectivity index is 1.55. The van der Waals surface area contributed by atoms with Crippen molar-refractivity contribution in [2.24, 2.45) is 0 Å². The molecule has 1 saturated carbocycles. The highest BCUT2D eigenvalue weighted by Crippen LogP contribution is 2.21. The number of rotatable bonds is 9. The van der Waals surface area contributed by atoms with Crippen LogP contribution < -0.4 is 14.8 Å². The van der Waals surface area contributed by atoms with Gasteiger partial charge in [-0.1, -0.05) is 31.4 Å². The van der Waals surface area contributed by atoms with Crippen molar-refractivity contribution >= 4 is 31.4 Å². The van der Waals surface area contributed by atoms with Gasteiger partial charge < -0.3 is 5.32 Å². The van der Waals surface area contributed by atoms with E-state index in [4.69, 9.17) is 0 Å². The standard InChI is InChI=1S/C22H31N3O4S2/c1-17(2)30(26,27)24-21-10-8-18(9-11-21)16-23-19-12-14-22(15-13-19)31(28,29)25-20-6-4-3-5-7-20/h8-15,17,20,23-25H,3-7,16H2,1-2H3. The lowest BCUT2D eigenvalue weighted by atomic mass is 9.96. The molecule has 2 aromatic rings. The minimum atomic E-state index is -3.50. The molecule has 0 aromatic heterocycles. The van der Waals surface area contributed by atoms with Gasteiger partial charge in [-0.3, -0.25) is 4.72 Å². The number of anilines is 2.